The van der Waals surface area contributed by atoms with Gasteiger partial charge in [-0.05, 0) is 97.3 Å². The molecule has 8 N–H and O–H groups in total. The molecule has 2 fully saturated rings. The Kier molecular flexibility index (Phi) is 24.3. The van der Waals surface area contributed by atoms with E-state index in [9.17, 15) is 28.8 Å². The number of anilines is 2. The van der Waals surface area contributed by atoms with Crippen molar-refractivity contribution in [1.29, 1.82) is 0 Å². The fourth-order valence-corrected chi connectivity index (χ4v) is 8.97. The van der Waals surface area contributed by atoms with Gasteiger partial charge in [-0.3, -0.25) is 49.1 Å². The quantitative estimate of drug-likeness (QED) is 0.0129. The zero-order valence-corrected chi connectivity index (χ0v) is 47.8. The van der Waals surface area contributed by atoms with Crippen LogP contribution in [0.15, 0.2) is 71.0 Å². The number of fused-ring (bicyclic) bond motifs is 2. The van der Waals surface area contributed by atoms with E-state index >= 15 is 0 Å². The number of aromatic nitrogens is 6. The van der Waals surface area contributed by atoms with Crippen LogP contribution >= 0.6 is 12.6 Å². The number of hydrogen-bond donors (Lipinski definition) is 6. The molecule has 422 valence electrons. The molecule has 22 nitrogen and oxygen atoms in total. The van der Waals surface area contributed by atoms with Crippen LogP contribution in [-0.4, -0.2) is 132 Å². The largest absolute Gasteiger partial charge is 0.494 e. The first-order valence-electron chi connectivity index (χ1n) is 26.4. The SMILES string of the molecule is C/C=C1\CC(S)C(=O)N1CCC(=O)N(CCCOc1cc(C=O)cc2nc(NC(=O)c3cc(C)nn3CC)n(C/C=C/Cn3c(NC(=O)C(/C=C(/C)N)=NCC)nc4cc(C(N)=O)cc(OC)c43)c12)C1CC1.CC.CC.CN. The van der Waals surface area contributed by atoms with Crippen molar-refractivity contribution in [3.63, 3.8) is 0 Å². The smallest absolute Gasteiger partial charge is 0.276 e. The Morgan fingerprint density at radius 3 is 2.12 bits per heavy atom. The number of ether oxygens (including phenoxy) is 2. The van der Waals surface area contributed by atoms with Gasteiger partial charge in [-0.25, -0.2) is 9.97 Å². The first-order chi connectivity index (χ1) is 37.6. The van der Waals surface area contributed by atoms with Gasteiger partial charge in [0.2, 0.25) is 29.6 Å². The van der Waals surface area contributed by atoms with E-state index in [2.05, 4.69) is 44.1 Å². The molecule has 1 atom stereocenters. The lowest BCUT2D eigenvalue weighted by atomic mass is 10.1. The molecule has 78 heavy (non-hydrogen) atoms. The van der Waals surface area contributed by atoms with E-state index < -0.39 is 23.0 Å². The molecular formula is C55H78N14O8S. The maximum atomic E-state index is 13.9. The summed E-state index contributed by atoms with van der Waals surface area (Å²) < 4.78 is 17.2. The summed E-state index contributed by atoms with van der Waals surface area (Å²) >= 11 is 4.41. The first kappa shape index (κ1) is 62.7. The molecule has 0 radical (unpaired) electrons. The molecular weight excluding hydrogens is 1020 g/mol. The van der Waals surface area contributed by atoms with E-state index in [1.165, 1.54) is 32.4 Å². The van der Waals surface area contributed by atoms with Gasteiger partial charge in [-0.2, -0.15) is 17.7 Å². The third-order valence-electron chi connectivity index (χ3n) is 12.1. The van der Waals surface area contributed by atoms with E-state index in [1.54, 1.807) is 57.7 Å². The molecule has 4 heterocycles. The molecule has 3 aromatic heterocycles. The second kappa shape index (κ2) is 30.2. The molecule has 1 aliphatic carbocycles. The summed E-state index contributed by atoms with van der Waals surface area (Å²) in [4.78, 5) is 95.8. The number of primary amides is 1. The van der Waals surface area contributed by atoms with Crippen LogP contribution < -0.4 is 37.3 Å². The van der Waals surface area contributed by atoms with Crippen LogP contribution in [0.25, 0.3) is 22.1 Å². The third-order valence-corrected chi connectivity index (χ3v) is 12.5. The normalized spacial score (nSPS) is 14.8. The highest BCUT2D eigenvalue weighted by atomic mass is 32.1. The summed E-state index contributed by atoms with van der Waals surface area (Å²) in [5, 5.41) is 9.82. The number of amides is 5. The molecule has 2 aromatic carbocycles. The van der Waals surface area contributed by atoms with Gasteiger partial charge in [0.05, 0.1) is 35.7 Å². The molecule has 2 aliphatic rings. The molecule has 5 amide bonds. The summed E-state index contributed by atoms with van der Waals surface area (Å²) in [6.07, 6.45) is 10.7. The van der Waals surface area contributed by atoms with Crippen molar-refractivity contribution in [3.8, 4) is 11.5 Å². The average Bonchev–Trinajstić information content (AvgIpc) is 3.98. The van der Waals surface area contributed by atoms with Gasteiger partial charge in [0.25, 0.3) is 11.8 Å². The average molecular weight is 1100 g/mol. The van der Waals surface area contributed by atoms with E-state index in [0.717, 1.165) is 18.5 Å². The maximum Gasteiger partial charge on any atom is 0.276 e. The van der Waals surface area contributed by atoms with Gasteiger partial charge in [-0.1, -0.05) is 45.9 Å². The molecule has 23 heteroatoms. The number of aliphatic imine (C=N–C) groups is 1. The van der Waals surface area contributed by atoms with E-state index in [-0.39, 0.29) is 79.4 Å². The van der Waals surface area contributed by atoms with Gasteiger partial charge in [0.1, 0.15) is 40.2 Å². The lowest BCUT2D eigenvalue weighted by molar-refractivity contribution is -0.133. The third kappa shape index (κ3) is 15.5. The minimum Gasteiger partial charge on any atom is -0.494 e. The number of rotatable bonds is 23. The molecule has 1 aliphatic heterocycles. The Hall–Kier alpha value is -7.79. The predicted molar refractivity (Wildman–Crippen MR) is 309 cm³/mol. The number of aldehydes is 1. The van der Waals surface area contributed by atoms with Crippen LogP contribution in [0.1, 0.15) is 124 Å². The van der Waals surface area contributed by atoms with Crippen molar-refractivity contribution in [2.24, 2.45) is 22.2 Å². The van der Waals surface area contributed by atoms with Crippen molar-refractivity contribution < 1.29 is 38.2 Å². The maximum absolute atomic E-state index is 13.9. The first-order valence-corrected chi connectivity index (χ1v) is 26.9. The monoisotopic (exact) mass is 1090 g/mol. The molecule has 7 rings (SSSR count). The number of nitrogens with one attached hydrogen (secondary N) is 2. The van der Waals surface area contributed by atoms with Gasteiger partial charge in [0, 0.05) is 80.7 Å². The Morgan fingerprint density at radius 2 is 1.55 bits per heavy atom. The number of nitrogens with two attached hydrogens (primary N) is 3. The second-order valence-corrected chi connectivity index (χ2v) is 18.0. The summed E-state index contributed by atoms with van der Waals surface area (Å²) in [7, 11) is 2.94. The molecule has 1 saturated carbocycles. The minimum atomic E-state index is -0.696. The van der Waals surface area contributed by atoms with E-state index in [4.69, 9.17) is 25.9 Å². The van der Waals surface area contributed by atoms with Crippen molar-refractivity contribution in [1.82, 2.24) is 38.7 Å². The molecule has 0 spiro atoms. The van der Waals surface area contributed by atoms with Crippen LogP contribution in [-0.2, 0) is 34.0 Å². The van der Waals surface area contributed by atoms with Crippen LogP contribution in [0.4, 0.5) is 11.9 Å². The number of benzene rings is 2. The Morgan fingerprint density at radius 1 is 0.923 bits per heavy atom. The highest BCUT2D eigenvalue weighted by Gasteiger charge is 2.36. The summed E-state index contributed by atoms with van der Waals surface area (Å²) in [6.45, 7) is 18.9. The Balaban J connectivity index is 0.00000211. The number of thiol groups is 1. The zero-order valence-electron chi connectivity index (χ0n) is 46.9. The van der Waals surface area contributed by atoms with E-state index in [0.29, 0.717) is 89.2 Å². The fourth-order valence-electron chi connectivity index (χ4n) is 8.64. The molecule has 1 saturated heterocycles. The van der Waals surface area contributed by atoms with Crippen LogP contribution in [0.2, 0.25) is 0 Å². The number of methoxy groups -OCH3 is 1. The number of aryl methyl sites for hydroxylation is 2. The van der Waals surface area contributed by atoms with E-state index in [1.807, 2.05) is 64.7 Å². The lowest BCUT2D eigenvalue weighted by Gasteiger charge is -2.24. The Bertz CT molecular complexity index is 3050. The van der Waals surface area contributed by atoms with Crippen LogP contribution in [0.5, 0.6) is 11.5 Å². The van der Waals surface area contributed by atoms with Crippen LogP contribution in [0, 0.1) is 6.92 Å². The number of allylic oxidation sites excluding steroid dienone is 5. The zero-order chi connectivity index (χ0) is 57.8. The van der Waals surface area contributed by atoms with Crippen LogP contribution in [0.3, 0.4) is 0 Å². The minimum absolute atomic E-state index is 0.0421. The summed E-state index contributed by atoms with van der Waals surface area (Å²) in [6, 6.07) is 8.02. The van der Waals surface area contributed by atoms with Crippen molar-refractivity contribution in [3.05, 3.63) is 88.5 Å². The number of carbonyl (C=O) groups excluding carboxylic acids is 6. The van der Waals surface area contributed by atoms with Gasteiger partial charge in [0.15, 0.2) is 0 Å². The summed E-state index contributed by atoms with van der Waals surface area (Å²) in [5.41, 5.74) is 20.5. The number of hydrogen-bond acceptors (Lipinski definition) is 15. The lowest BCUT2D eigenvalue weighted by Crippen LogP contribution is -2.37. The highest BCUT2D eigenvalue weighted by Crippen LogP contribution is 2.34. The van der Waals surface area contributed by atoms with Gasteiger partial charge in [-0.15, -0.1) is 0 Å². The number of likely N-dealkylation sites (tertiary alicyclic amines) is 1. The fraction of sp³-hybridized carbons (Fsp3) is 0.455. The Labute approximate surface area is 461 Å². The topological polar surface area (TPSA) is 295 Å². The number of imidazole rings is 2. The highest BCUT2D eigenvalue weighted by molar-refractivity contribution is 7.81. The van der Waals surface area contributed by atoms with Crippen molar-refractivity contribution >= 4 is 88.1 Å². The number of carbonyl (C=O) groups is 6. The summed E-state index contributed by atoms with van der Waals surface area (Å²) in [5.74, 6) is -0.975. The van der Waals surface area contributed by atoms with Gasteiger partial charge < -0.3 is 45.6 Å². The van der Waals surface area contributed by atoms with Gasteiger partial charge >= 0.3 is 0 Å². The molecule has 5 aromatic rings. The van der Waals surface area contributed by atoms with Crippen molar-refractivity contribution in [2.75, 3.05) is 51.0 Å². The predicted octanol–water partition coefficient (Wildman–Crippen LogP) is 6.81. The number of nitrogens with zero attached hydrogens (tertiary/aromatic N) is 9. The molecule has 1 unspecified atom stereocenters. The van der Waals surface area contributed by atoms with Crippen molar-refractivity contribution in [2.45, 2.75) is 125 Å². The molecule has 0 bridgehead atoms. The second-order valence-electron chi connectivity index (χ2n) is 17.4. The standard InChI is InChI=1S/C50H61N13O8S.2C2H6.CH5N/c1-7-33-27-41(72)48(69)60(33)19-15-42(65)59(34-13-14-34)18-12-20-71-40-24-31(28-64)23-35-44(40)62(50(54-35)57-47(68)38-22-30(5)58-63(38)9-3)17-11-10-16-61-43-36(25-32(45(52)66)26-39(43)70-6)55-49(61)56-46(67)37(53-8-2)21-29(4)51;3*1-2/h7,10-11,21-26,28,34,41,72H,8-9,12-20,27,51H2,1-6H3,(H2,52,66)(H,54,57,68)(H,55,56,67);2*1-2H3;2H2,1H3/b11-10+,29-21-,33-7+,53-37?;;;.